The van der Waals surface area contributed by atoms with Gasteiger partial charge in [0.05, 0.1) is 13.0 Å². The van der Waals surface area contributed by atoms with Crippen molar-refractivity contribution in [2.45, 2.75) is 72.5 Å². The Kier molecular flexibility index (Phi) is 9.56. The van der Waals surface area contributed by atoms with Gasteiger partial charge in [-0.3, -0.25) is 4.79 Å². The van der Waals surface area contributed by atoms with Crippen molar-refractivity contribution in [1.82, 2.24) is 0 Å². The number of rotatable bonds is 7. The predicted octanol–water partition coefficient (Wildman–Crippen LogP) is 3.37. The van der Waals surface area contributed by atoms with Gasteiger partial charge in [-0.05, 0) is 62.0 Å². The van der Waals surface area contributed by atoms with Crippen molar-refractivity contribution in [3.05, 3.63) is 36.0 Å². The number of hydrogen-bond donors (Lipinski definition) is 0. The fraction of sp³-hybridized carbons (Fsp3) is 0.577. The molecule has 1 saturated carbocycles. The molecular formula is C26H34O9. The lowest BCUT2D eigenvalue weighted by atomic mass is 9.83. The van der Waals surface area contributed by atoms with Gasteiger partial charge in [0.2, 0.25) is 6.10 Å². The van der Waals surface area contributed by atoms with Crippen LogP contribution in [0.5, 0.6) is 0 Å². The van der Waals surface area contributed by atoms with Gasteiger partial charge >= 0.3 is 29.8 Å². The Morgan fingerprint density at radius 1 is 1.23 bits per heavy atom. The van der Waals surface area contributed by atoms with Crippen LogP contribution in [-0.2, 0) is 42.9 Å². The van der Waals surface area contributed by atoms with E-state index in [0.29, 0.717) is 17.4 Å². The molecule has 1 aliphatic heterocycles. The summed E-state index contributed by atoms with van der Waals surface area (Å²) in [4.78, 5) is 56.6. The summed E-state index contributed by atoms with van der Waals surface area (Å²) < 4.78 is 18.9. The molecule has 2 bridgehead atoms. The molecule has 2 fully saturated rings. The van der Waals surface area contributed by atoms with Gasteiger partial charge in [0.1, 0.15) is 0 Å². The Morgan fingerprint density at radius 3 is 2.37 bits per heavy atom. The molecule has 0 aromatic heterocycles. The van der Waals surface area contributed by atoms with Crippen LogP contribution in [0.1, 0.15) is 60.3 Å². The molecule has 2 aliphatic carbocycles. The summed E-state index contributed by atoms with van der Waals surface area (Å²) in [6, 6.07) is 0. The van der Waals surface area contributed by atoms with Gasteiger partial charge < -0.3 is 18.9 Å². The first-order valence-corrected chi connectivity index (χ1v) is 11.7. The van der Waals surface area contributed by atoms with E-state index < -0.39 is 47.5 Å². The number of ether oxygens (including phenoxy) is 4. The van der Waals surface area contributed by atoms with Crippen LogP contribution in [0.3, 0.4) is 0 Å². The normalized spacial score (nSPS) is 24.0. The Labute approximate surface area is 205 Å². The van der Waals surface area contributed by atoms with Crippen LogP contribution >= 0.6 is 0 Å². The molecule has 1 saturated heterocycles. The van der Waals surface area contributed by atoms with Gasteiger partial charge in [0.15, 0.2) is 6.10 Å². The highest BCUT2D eigenvalue weighted by Crippen LogP contribution is 2.45. The number of allylic oxidation sites excluding steroid dienone is 3. The second-order valence-electron chi connectivity index (χ2n) is 9.67. The molecule has 0 spiro atoms. The third kappa shape index (κ3) is 7.90. The molecule has 3 rings (SSSR count). The maximum atomic E-state index is 12.6. The summed E-state index contributed by atoms with van der Waals surface area (Å²) in [5, 5.41) is 0. The van der Waals surface area contributed by atoms with E-state index in [1.54, 1.807) is 6.92 Å². The number of carbonyl (C=O) groups excluding carboxylic acids is 5. The number of cyclic esters (lactones) is 2. The summed E-state index contributed by atoms with van der Waals surface area (Å²) in [5.74, 6) is -1.99. The molecule has 0 aromatic carbocycles. The molecule has 3 aliphatic rings. The van der Waals surface area contributed by atoms with Crippen molar-refractivity contribution in [1.29, 1.82) is 0 Å². The lowest BCUT2D eigenvalue weighted by molar-refractivity contribution is -0.163. The van der Waals surface area contributed by atoms with E-state index in [0.717, 1.165) is 6.08 Å². The third-order valence-corrected chi connectivity index (χ3v) is 5.87. The molecule has 0 N–H and O–H groups in total. The standard InChI is InChI=1S/C18H22O5.C8H12O4/c1-18(2,3)13(8-12-7-10-4-5-11(12)6-10)16(20)22-14-9-15(19)23-17(14)21;1-4-7(9)12-6(3)8(10)11-5-2/h7-8,10-11,14H,4-6,9H2,1-3H3;4,6H,1,5H2,2-3H3. The van der Waals surface area contributed by atoms with Crippen LogP contribution < -0.4 is 0 Å². The monoisotopic (exact) mass is 490 g/mol. The SMILES string of the molecule is C=CC(=O)OC(C)C(=O)OCC.CC(C)(C)C(=CC1=CC2CCC1C2)C(=O)OC1CC(=O)OC1=O. The summed E-state index contributed by atoms with van der Waals surface area (Å²) in [5.41, 5.74) is 1.32. The van der Waals surface area contributed by atoms with Crippen LogP contribution in [-0.4, -0.2) is 48.7 Å². The lowest BCUT2D eigenvalue weighted by Gasteiger charge is -2.23. The Hall–Kier alpha value is -3.23. The number of carbonyl (C=O) groups is 5. The molecule has 9 heteroatoms. The predicted molar refractivity (Wildman–Crippen MR) is 124 cm³/mol. The van der Waals surface area contributed by atoms with Crippen molar-refractivity contribution in [2.24, 2.45) is 17.3 Å². The maximum absolute atomic E-state index is 12.6. The molecule has 4 atom stereocenters. The average Bonchev–Trinajstić information content (AvgIpc) is 3.47. The Balaban J connectivity index is 0.000000307. The molecule has 35 heavy (non-hydrogen) atoms. The van der Waals surface area contributed by atoms with Gasteiger partial charge in [-0.1, -0.05) is 33.4 Å². The van der Waals surface area contributed by atoms with Crippen molar-refractivity contribution < 1.29 is 42.9 Å². The van der Waals surface area contributed by atoms with E-state index in [1.165, 1.54) is 31.8 Å². The number of hydrogen-bond acceptors (Lipinski definition) is 9. The van der Waals surface area contributed by atoms with E-state index in [-0.39, 0.29) is 13.0 Å². The van der Waals surface area contributed by atoms with Gasteiger partial charge in [0, 0.05) is 11.6 Å². The minimum Gasteiger partial charge on any atom is -0.463 e. The molecule has 1 heterocycles. The summed E-state index contributed by atoms with van der Waals surface area (Å²) in [6.07, 6.45) is 6.56. The summed E-state index contributed by atoms with van der Waals surface area (Å²) >= 11 is 0. The van der Waals surface area contributed by atoms with E-state index in [4.69, 9.17) is 4.74 Å². The molecule has 0 radical (unpaired) electrons. The first-order valence-electron chi connectivity index (χ1n) is 11.7. The van der Waals surface area contributed by atoms with Crippen LogP contribution in [0.25, 0.3) is 0 Å². The van der Waals surface area contributed by atoms with Crippen molar-refractivity contribution in [2.75, 3.05) is 6.61 Å². The first-order chi connectivity index (χ1) is 16.3. The molecule has 192 valence electrons. The third-order valence-electron chi connectivity index (χ3n) is 5.87. The van der Waals surface area contributed by atoms with Crippen molar-refractivity contribution in [3.63, 3.8) is 0 Å². The van der Waals surface area contributed by atoms with Gasteiger partial charge in [-0.2, -0.15) is 0 Å². The van der Waals surface area contributed by atoms with Crippen LogP contribution in [0.15, 0.2) is 36.0 Å². The molecular weight excluding hydrogens is 456 g/mol. The molecule has 9 nitrogen and oxygen atoms in total. The summed E-state index contributed by atoms with van der Waals surface area (Å²) in [6.45, 7) is 12.4. The highest BCUT2D eigenvalue weighted by Gasteiger charge is 2.39. The lowest BCUT2D eigenvalue weighted by Crippen LogP contribution is -2.28. The zero-order chi connectivity index (χ0) is 26.3. The zero-order valence-electron chi connectivity index (χ0n) is 21.0. The van der Waals surface area contributed by atoms with E-state index in [9.17, 15) is 24.0 Å². The quantitative estimate of drug-likeness (QED) is 0.229. The minimum atomic E-state index is -1.12. The molecule has 0 aromatic rings. The fourth-order valence-corrected chi connectivity index (χ4v) is 4.06. The molecule has 0 amide bonds. The smallest absolute Gasteiger partial charge is 0.355 e. The topological polar surface area (TPSA) is 122 Å². The largest absolute Gasteiger partial charge is 0.463 e. The highest BCUT2D eigenvalue weighted by molar-refractivity contribution is 5.99. The first kappa shape index (κ1) is 28.0. The zero-order valence-corrected chi connectivity index (χ0v) is 21.0. The van der Waals surface area contributed by atoms with Gasteiger partial charge in [-0.15, -0.1) is 0 Å². The highest BCUT2D eigenvalue weighted by atomic mass is 16.6. The van der Waals surface area contributed by atoms with E-state index in [1.807, 2.05) is 26.8 Å². The molecule has 4 unspecified atom stereocenters. The van der Waals surface area contributed by atoms with Crippen LogP contribution in [0.4, 0.5) is 0 Å². The van der Waals surface area contributed by atoms with Crippen molar-refractivity contribution >= 4 is 29.8 Å². The van der Waals surface area contributed by atoms with Crippen molar-refractivity contribution in [3.8, 4) is 0 Å². The summed E-state index contributed by atoms with van der Waals surface area (Å²) in [7, 11) is 0. The van der Waals surface area contributed by atoms with Gasteiger partial charge in [0.25, 0.3) is 0 Å². The van der Waals surface area contributed by atoms with Gasteiger partial charge in [-0.25, -0.2) is 19.2 Å². The Morgan fingerprint density at radius 2 is 1.91 bits per heavy atom. The Bertz CT molecular complexity index is 935. The number of esters is 5. The number of fused-ring (bicyclic) bond motifs is 2. The minimum absolute atomic E-state index is 0.199. The van der Waals surface area contributed by atoms with Crippen LogP contribution in [0.2, 0.25) is 0 Å². The fourth-order valence-electron chi connectivity index (χ4n) is 4.06. The van der Waals surface area contributed by atoms with E-state index in [2.05, 4.69) is 26.9 Å². The second-order valence-corrected chi connectivity index (χ2v) is 9.67. The van der Waals surface area contributed by atoms with Crippen LogP contribution in [0, 0.1) is 17.3 Å². The average molecular weight is 491 g/mol. The van der Waals surface area contributed by atoms with E-state index >= 15 is 0 Å². The maximum Gasteiger partial charge on any atom is 0.355 e. The second kappa shape index (κ2) is 12.0.